The molecule has 0 saturated heterocycles. The summed E-state index contributed by atoms with van der Waals surface area (Å²) in [5.41, 5.74) is 8.87. The van der Waals surface area contributed by atoms with Crippen molar-refractivity contribution in [1.29, 1.82) is 0 Å². The van der Waals surface area contributed by atoms with Crippen molar-refractivity contribution in [3.8, 4) is 0 Å². The molecule has 3 aromatic rings. The van der Waals surface area contributed by atoms with Crippen LogP contribution >= 0.6 is 24.8 Å². The van der Waals surface area contributed by atoms with Crippen molar-refractivity contribution < 1.29 is 9.59 Å². The van der Waals surface area contributed by atoms with Crippen LogP contribution in [0.15, 0.2) is 73.1 Å². The second kappa shape index (κ2) is 11.2. The van der Waals surface area contributed by atoms with E-state index in [1.165, 1.54) is 0 Å². The summed E-state index contributed by atoms with van der Waals surface area (Å²) in [6.45, 7) is 1.82. The molecule has 8 heteroatoms. The van der Waals surface area contributed by atoms with Crippen LogP contribution in [0.5, 0.6) is 0 Å². The van der Waals surface area contributed by atoms with Gasteiger partial charge in [-0.1, -0.05) is 24.3 Å². The third kappa shape index (κ3) is 6.29. The molecular weight excluding hydrogens is 411 g/mol. The van der Waals surface area contributed by atoms with Gasteiger partial charge in [-0.05, 0) is 48.9 Å². The normalized spacial score (nSPS) is 10.7. The van der Waals surface area contributed by atoms with Gasteiger partial charge in [0.2, 0.25) is 0 Å². The van der Waals surface area contributed by atoms with Crippen LogP contribution in [0.1, 0.15) is 39.2 Å². The zero-order valence-corrected chi connectivity index (χ0v) is 17.3. The SMILES string of the molecule is CC(N)c1ccc(C(=O)Nc2ccncc2)cc1NC(=O)c1ccccc1.Cl.Cl. The van der Waals surface area contributed by atoms with Crippen molar-refractivity contribution in [2.75, 3.05) is 10.6 Å². The molecule has 152 valence electrons. The number of amides is 2. The quantitative estimate of drug-likeness (QED) is 0.554. The summed E-state index contributed by atoms with van der Waals surface area (Å²) in [5, 5.41) is 5.65. The molecule has 0 saturated carbocycles. The first-order valence-corrected chi connectivity index (χ1v) is 8.52. The van der Waals surface area contributed by atoms with Crippen molar-refractivity contribution in [1.82, 2.24) is 4.98 Å². The van der Waals surface area contributed by atoms with Crippen molar-refractivity contribution in [3.05, 3.63) is 89.7 Å². The molecule has 1 atom stereocenters. The van der Waals surface area contributed by atoms with E-state index in [9.17, 15) is 9.59 Å². The summed E-state index contributed by atoms with van der Waals surface area (Å²) in [7, 11) is 0. The number of carbonyl (C=O) groups excluding carboxylic acids is 2. The first-order valence-electron chi connectivity index (χ1n) is 8.52. The Labute approximate surface area is 181 Å². The second-order valence-electron chi connectivity index (χ2n) is 6.10. The number of hydrogen-bond acceptors (Lipinski definition) is 4. The monoisotopic (exact) mass is 432 g/mol. The Morgan fingerprint density at radius 1 is 0.862 bits per heavy atom. The van der Waals surface area contributed by atoms with E-state index in [4.69, 9.17) is 5.73 Å². The Morgan fingerprint density at radius 3 is 2.10 bits per heavy atom. The van der Waals surface area contributed by atoms with Crippen LogP contribution in [0.4, 0.5) is 11.4 Å². The van der Waals surface area contributed by atoms with E-state index in [0.29, 0.717) is 22.5 Å². The fraction of sp³-hybridized carbons (Fsp3) is 0.0952. The molecule has 29 heavy (non-hydrogen) atoms. The Bertz CT molecular complexity index is 951. The predicted octanol–water partition coefficient (Wildman–Crippen LogP) is 4.45. The topological polar surface area (TPSA) is 97.1 Å². The summed E-state index contributed by atoms with van der Waals surface area (Å²) < 4.78 is 0. The predicted molar refractivity (Wildman–Crippen MR) is 120 cm³/mol. The molecule has 1 aromatic heterocycles. The molecule has 0 radical (unpaired) electrons. The third-order valence-corrected chi connectivity index (χ3v) is 4.03. The third-order valence-electron chi connectivity index (χ3n) is 4.03. The Kier molecular flexibility index (Phi) is 9.28. The standard InChI is InChI=1S/C21H20N4O2.2ClH/c1-14(22)18-8-7-16(21(27)24-17-9-11-23-12-10-17)13-19(18)25-20(26)15-5-3-2-4-6-15;;/h2-14H,22H2,1H3,(H,25,26)(H,23,24,27);2*1H. The molecule has 0 aliphatic carbocycles. The first-order chi connectivity index (χ1) is 13.0. The molecule has 0 aliphatic heterocycles. The van der Waals surface area contributed by atoms with E-state index in [2.05, 4.69) is 15.6 Å². The molecule has 3 rings (SSSR count). The first kappa shape index (κ1) is 24.1. The summed E-state index contributed by atoms with van der Waals surface area (Å²) in [4.78, 5) is 28.9. The van der Waals surface area contributed by atoms with Gasteiger partial charge in [-0.15, -0.1) is 24.8 Å². The molecule has 0 bridgehead atoms. The van der Waals surface area contributed by atoms with Crippen LogP contribution in [0.25, 0.3) is 0 Å². The minimum atomic E-state index is -0.298. The summed E-state index contributed by atoms with van der Waals surface area (Å²) in [6, 6.07) is 17.1. The van der Waals surface area contributed by atoms with Gasteiger partial charge < -0.3 is 16.4 Å². The molecule has 0 fully saturated rings. The van der Waals surface area contributed by atoms with Crippen molar-refractivity contribution in [2.45, 2.75) is 13.0 Å². The number of benzene rings is 2. The van der Waals surface area contributed by atoms with Gasteiger partial charge in [0, 0.05) is 40.9 Å². The Balaban J connectivity index is 0.00000210. The highest BCUT2D eigenvalue weighted by Crippen LogP contribution is 2.24. The second-order valence-corrected chi connectivity index (χ2v) is 6.10. The molecule has 1 heterocycles. The molecule has 2 amide bonds. The number of nitrogens with one attached hydrogen (secondary N) is 2. The highest BCUT2D eigenvalue weighted by molar-refractivity contribution is 6.07. The number of carbonyl (C=O) groups is 2. The number of rotatable bonds is 5. The minimum absolute atomic E-state index is 0. The lowest BCUT2D eigenvalue weighted by atomic mass is 10.0. The van der Waals surface area contributed by atoms with Gasteiger partial charge in [0.05, 0.1) is 0 Å². The largest absolute Gasteiger partial charge is 0.324 e. The molecular formula is C21H22Cl2N4O2. The molecule has 2 aromatic carbocycles. The van der Waals surface area contributed by atoms with Crippen LogP contribution < -0.4 is 16.4 Å². The van der Waals surface area contributed by atoms with Gasteiger partial charge in [-0.2, -0.15) is 0 Å². The van der Waals surface area contributed by atoms with Gasteiger partial charge in [0.1, 0.15) is 0 Å². The lowest BCUT2D eigenvalue weighted by molar-refractivity contribution is 0.101. The number of aromatic nitrogens is 1. The van der Waals surface area contributed by atoms with E-state index in [1.807, 2.05) is 13.0 Å². The molecule has 1 unspecified atom stereocenters. The van der Waals surface area contributed by atoms with Gasteiger partial charge in [-0.25, -0.2) is 0 Å². The van der Waals surface area contributed by atoms with Gasteiger partial charge in [-0.3, -0.25) is 14.6 Å². The minimum Gasteiger partial charge on any atom is -0.324 e. The lowest BCUT2D eigenvalue weighted by Crippen LogP contribution is -2.18. The van der Waals surface area contributed by atoms with E-state index >= 15 is 0 Å². The number of pyridine rings is 1. The van der Waals surface area contributed by atoms with Crippen LogP contribution in [0.2, 0.25) is 0 Å². The smallest absolute Gasteiger partial charge is 0.255 e. The molecule has 6 nitrogen and oxygen atoms in total. The van der Waals surface area contributed by atoms with Crippen LogP contribution in [-0.2, 0) is 0 Å². The molecule has 4 N–H and O–H groups in total. The Morgan fingerprint density at radius 2 is 1.48 bits per heavy atom. The average Bonchev–Trinajstić information content (AvgIpc) is 2.69. The highest BCUT2D eigenvalue weighted by atomic mass is 35.5. The van der Waals surface area contributed by atoms with Gasteiger partial charge in [0.25, 0.3) is 11.8 Å². The number of anilines is 2. The summed E-state index contributed by atoms with van der Waals surface area (Å²) >= 11 is 0. The van der Waals surface area contributed by atoms with E-state index in [1.54, 1.807) is 67.0 Å². The highest BCUT2D eigenvalue weighted by Gasteiger charge is 2.15. The number of hydrogen-bond donors (Lipinski definition) is 3. The van der Waals surface area contributed by atoms with Gasteiger partial charge >= 0.3 is 0 Å². The van der Waals surface area contributed by atoms with E-state index in [0.717, 1.165) is 5.56 Å². The number of nitrogens with two attached hydrogens (primary N) is 1. The molecule has 0 spiro atoms. The van der Waals surface area contributed by atoms with Crippen molar-refractivity contribution >= 4 is 48.0 Å². The lowest BCUT2D eigenvalue weighted by Gasteiger charge is -2.15. The van der Waals surface area contributed by atoms with Crippen molar-refractivity contribution in [3.63, 3.8) is 0 Å². The van der Waals surface area contributed by atoms with E-state index < -0.39 is 0 Å². The zero-order chi connectivity index (χ0) is 19.2. The fourth-order valence-corrected chi connectivity index (χ4v) is 2.63. The Hall–Kier alpha value is -2.93. The van der Waals surface area contributed by atoms with Crippen LogP contribution in [0, 0.1) is 0 Å². The maximum Gasteiger partial charge on any atom is 0.255 e. The average molecular weight is 433 g/mol. The fourth-order valence-electron chi connectivity index (χ4n) is 2.63. The van der Waals surface area contributed by atoms with Gasteiger partial charge in [0.15, 0.2) is 0 Å². The van der Waals surface area contributed by atoms with E-state index in [-0.39, 0.29) is 42.7 Å². The zero-order valence-electron chi connectivity index (χ0n) is 15.7. The maximum absolute atomic E-state index is 12.5. The number of nitrogens with zero attached hydrogens (tertiary/aromatic N) is 1. The maximum atomic E-state index is 12.5. The van der Waals surface area contributed by atoms with Crippen LogP contribution in [-0.4, -0.2) is 16.8 Å². The molecule has 0 aliphatic rings. The summed E-state index contributed by atoms with van der Waals surface area (Å²) in [5.74, 6) is -0.545. The summed E-state index contributed by atoms with van der Waals surface area (Å²) in [6.07, 6.45) is 3.20. The number of halogens is 2. The van der Waals surface area contributed by atoms with Crippen molar-refractivity contribution in [2.24, 2.45) is 5.73 Å². The van der Waals surface area contributed by atoms with Crippen LogP contribution in [0.3, 0.4) is 0 Å².